The number of anilines is 1. The first-order chi connectivity index (χ1) is 4.70. The van der Waals surface area contributed by atoms with E-state index < -0.39 is 0 Å². The van der Waals surface area contributed by atoms with Crippen molar-refractivity contribution in [3.8, 4) is 0 Å². The first kappa shape index (κ1) is 10.5. The van der Waals surface area contributed by atoms with Gasteiger partial charge in [-0.3, -0.25) is 0 Å². The van der Waals surface area contributed by atoms with Crippen LogP contribution in [0.1, 0.15) is 0 Å². The summed E-state index contributed by atoms with van der Waals surface area (Å²) in [6.45, 7) is 0. The maximum atomic E-state index is 12.3. The molecule has 0 aliphatic rings. The molecule has 0 atom stereocenters. The van der Waals surface area contributed by atoms with E-state index in [2.05, 4.69) is 6.07 Å². The van der Waals surface area contributed by atoms with Gasteiger partial charge in [-0.1, -0.05) is 5.69 Å². The molecule has 0 N–H and O–H groups in total. The SMILES string of the molecule is CN(C)c1c[c-]c(F)cc1.[Li+]. The zero-order chi connectivity index (χ0) is 7.56. The second-order valence-electron chi connectivity index (χ2n) is 2.29. The van der Waals surface area contributed by atoms with Crippen molar-refractivity contribution in [1.29, 1.82) is 0 Å². The van der Waals surface area contributed by atoms with Crippen LogP contribution in [-0.2, 0) is 0 Å². The second-order valence-corrected chi connectivity index (χ2v) is 2.29. The Balaban J connectivity index is 0.000001000. The predicted molar refractivity (Wildman–Crippen MR) is 39.6 cm³/mol. The Morgan fingerprint density at radius 3 is 2.36 bits per heavy atom. The molecule has 0 bridgehead atoms. The Morgan fingerprint density at radius 1 is 1.36 bits per heavy atom. The third-order valence-electron chi connectivity index (χ3n) is 1.27. The summed E-state index contributed by atoms with van der Waals surface area (Å²) in [4.78, 5) is 1.90. The van der Waals surface area contributed by atoms with Crippen LogP contribution < -0.4 is 23.8 Å². The smallest absolute Gasteiger partial charge is 0.429 e. The summed E-state index contributed by atoms with van der Waals surface area (Å²) in [5.74, 6) is -0.314. The van der Waals surface area contributed by atoms with Crippen molar-refractivity contribution in [2.24, 2.45) is 0 Å². The third-order valence-corrected chi connectivity index (χ3v) is 1.27. The van der Waals surface area contributed by atoms with E-state index in [-0.39, 0.29) is 24.7 Å². The van der Waals surface area contributed by atoms with Crippen LogP contribution in [0.25, 0.3) is 0 Å². The number of benzene rings is 1. The molecule has 1 rings (SSSR count). The van der Waals surface area contributed by atoms with Crippen LogP contribution in [0.2, 0.25) is 0 Å². The van der Waals surface area contributed by atoms with E-state index in [0.717, 1.165) is 5.69 Å². The van der Waals surface area contributed by atoms with Gasteiger partial charge in [0.25, 0.3) is 0 Å². The fourth-order valence-electron chi connectivity index (χ4n) is 0.676. The minimum absolute atomic E-state index is 0. The molecule has 11 heavy (non-hydrogen) atoms. The average molecular weight is 145 g/mol. The van der Waals surface area contributed by atoms with Crippen molar-refractivity contribution < 1.29 is 23.3 Å². The molecule has 0 radical (unpaired) electrons. The number of hydrogen-bond donors (Lipinski definition) is 0. The molecular formula is C8H9FLiN. The molecule has 1 aromatic carbocycles. The minimum atomic E-state index is -0.314. The molecule has 0 aliphatic carbocycles. The largest absolute Gasteiger partial charge is 1.00 e. The van der Waals surface area contributed by atoms with Crippen LogP contribution in [0.4, 0.5) is 10.1 Å². The van der Waals surface area contributed by atoms with Gasteiger partial charge in [0.05, 0.1) is 0 Å². The zero-order valence-corrected chi connectivity index (χ0v) is 7.06. The van der Waals surface area contributed by atoms with Crippen molar-refractivity contribution in [2.75, 3.05) is 19.0 Å². The molecule has 1 aromatic rings. The summed E-state index contributed by atoms with van der Waals surface area (Å²) < 4.78 is 12.3. The zero-order valence-electron chi connectivity index (χ0n) is 7.06. The molecule has 0 aliphatic heterocycles. The molecule has 3 heteroatoms. The monoisotopic (exact) mass is 145 g/mol. The van der Waals surface area contributed by atoms with Gasteiger partial charge in [0.1, 0.15) is 0 Å². The maximum absolute atomic E-state index is 12.3. The van der Waals surface area contributed by atoms with Gasteiger partial charge in [0.2, 0.25) is 0 Å². The molecule has 0 spiro atoms. The topological polar surface area (TPSA) is 3.24 Å². The number of hydrogen-bond acceptors (Lipinski definition) is 1. The Labute approximate surface area is 78.4 Å². The summed E-state index contributed by atoms with van der Waals surface area (Å²) in [7, 11) is 3.81. The summed E-state index contributed by atoms with van der Waals surface area (Å²) in [5, 5.41) is 0. The first-order valence-corrected chi connectivity index (χ1v) is 3.05. The van der Waals surface area contributed by atoms with Crippen molar-refractivity contribution in [3.63, 3.8) is 0 Å². The first-order valence-electron chi connectivity index (χ1n) is 3.05. The molecule has 1 nitrogen and oxygen atoms in total. The van der Waals surface area contributed by atoms with Crippen LogP contribution in [-0.4, -0.2) is 14.1 Å². The van der Waals surface area contributed by atoms with Crippen molar-refractivity contribution in [2.45, 2.75) is 0 Å². The Kier molecular flexibility index (Phi) is 4.25. The van der Waals surface area contributed by atoms with E-state index >= 15 is 0 Å². The number of rotatable bonds is 1. The van der Waals surface area contributed by atoms with Gasteiger partial charge in [-0.05, 0) is 14.1 Å². The molecule has 0 amide bonds. The van der Waals surface area contributed by atoms with E-state index in [9.17, 15) is 4.39 Å². The van der Waals surface area contributed by atoms with Gasteiger partial charge < -0.3 is 4.90 Å². The van der Waals surface area contributed by atoms with E-state index in [1.165, 1.54) is 6.07 Å². The van der Waals surface area contributed by atoms with Crippen LogP contribution in [0.15, 0.2) is 18.2 Å². The Morgan fingerprint density at radius 2 is 2.00 bits per heavy atom. The minimum Gasteiger partial charge on any atom is -0.429 e. The van der Waals surface area contributed by atoms with E-state index in [1.54, 1.807) is 12.1 Å². The van der Waals surface area contributed by atoms with E-state index in [0.29, 0.717) is 0 Å². The molecule has 54 valence electrons. The van der Waals surface area contributed by atoms with Crippen molar-refractivity contribution in [1.82, 2.24) is 0 Å². The van der Waals surface area contributed by atoms with Crippen LogP contribution in [0.3, 0.4) is 0 Å². The molecule has 0 saturated heterocycles. The van der Waals surface area contributed by atoms with Gasteiger partial charge in [-0.2, -0.15) is 6.07 Å². The Hall–Kier alpha value is -0.453. The van der Waals surface area contributed by atoms with Crippen LogP contribution in [0.5, 0.6) is 0 Å². The van der Waals surface area contributed by atoms with Crippen LogP contribution >= 0.6 is 0 Å². The molecule has 0 unspecified atom stereocenters. The van der Waals surface area contributed by atoms with Gasteiger partial charge in [0, 0.05) is 5.82 Å². The van der Waals surface area contributed by atoms with Gasteiger partial charge in [0.15, 0.2) is 0 Å². The summed E-state index contributed by atoms with van der Waals surface area (Å²) in [6, 6.07) is 7.21. The summed E-state index contributed by atoms with van der Waals surface area (Å²) >= 11 is 0. The standard InChI is InChI=1S/C8H9FN.Li/c1-10(2)8-5-3-7(9)4-6-8;/h3,5-6H,1-2H3;/q-1;+1. The predicted octanol–water partition coefficient (Wildman–Crippen LogP) is -1.30. The number of nitrogens with zero attached hydrogens (tertiary/aromatic N) is 1. The van der Waals surface area contributed by atoms with Gasteiger partial charge in [-0.25, -0.2) is 4.39 Å². The normalized spacial score (nSPS) is 8.64. The second kappa shape index (κ2) is 4.43. The number of halogens is 1. The summed E-state index contributed by atoms with van der Waals surface area (Å²) in [5.41, 5.74) is 0.960. The maximum Gasteiger partial charge on any atom is 1.00 e. The Bertz CT molecular complexity index is 208. The third kappa shape index (κ3) is 2.96. The molecule has 0 fully saturated rings. The molecular weight excluding hydrogens is 136 g/mol. The molecule has 0 heterocycles. The van der Waals surface area contributed by atoms with Gasteiger partial charge in [-0.15, -0.1) is 18.2 Å². The molecule has 0 aromatic heterocycles. The van der Waals surface area contributed by atoms with E-state index in [4.69, 9.17) is 0 Å². The molecule has 0 saturated carbocycles. The average Bonchev–Trinajstić information content (AvgIpc) is 1.88. The quantitative estimate of drug-likeness (QED) is 0.350. The van der Waals surface area contributed by atoms with Gasteiger partial charge >= 0.3 is 18.9 Å². The van der Waals surface area contributed by atoms with Crippen LogP contribution in [0, 0.1) is 11.9 Å². The fraction of sp³-hybridized carbons (Fsp3) is 0.250. The van der Waals surface area contributed by atoms with E-state index in [1.807, 2.05) is 19.0 Å². The summed E-state index contributed by atoms with van der Waals surface area (Å²) in [6.07, 6.45) is 0. The van der Waals surface area contributed by atoms with Crippen molar-refractivity contribution in [3.05, 3.63) is 30.1 Å². The fourth-order valence-corrected chi connectivity index (χ4v) is 0.676. The van der Waals surface area contributed by atoms with Crippen molar-refractivity contribution >= 4 is 5.69 Å².